The molecule has 94 valence electrons. The highest BCUT2D eigenvalue weighted by atomic mass is 79.9. The summed E-state index contributed by atoms with van der Waals surface area (Å²) < 4.78 is 1.12. The van der Waals surface area contributed by atoms with E-state index in [1.54, 1.807) is 0 Å². The van der Waals surface area contributed by atoms with Crippen molar-refractivity contribution >= 4 is 21.9 Å². The molecule has 0 aliphatic carbocycles. The maximum Gasteiger partial charge on any atom is 0.195 e. The number of nitrogens with zero attached hydrogens (tertiary/aromatic N) is 3. The van der Waals surface area contributed by atoms with E-state index < -0.39 is 0 Å². The summed E-state index contributed by atoms with van der Waals surface area (Å²) in [6.45, 7) is 0.813. The quantitative estimate of drug-likeness (QED) is 0.630. The summed E-state index contributed by atoms with van der Waals surface area (Å²) in [6.07, 6.45) is 0.971. The smallest absolute Gasteiger partial charge is 0.195 e. The molecule has 0 spiro atoms. The molecule has 0 aliphatic rings. The number of benzene rings is 1. The normalized spacial score (nSPS) is 9.94. The Hall–Kier alpha value is -1.03. The number of hydrogen-bond acceptors (Lipinski definition) is 1. The monoisotopic (exact) mass is 297 g/mol. The van der Waals surface area contributed by atoms with Crippen LogP contribution in [0.2, 0.25) is 0 Å². The molecule has 0 heterocycles. The molecule has 0 bridgehead atoms. The van der Waals surface area contributed by atoms with Crippen molar-refractivity contribution in [1.29, 1.82) is 0 Å². The summed E-state index contributed by atoms with van der Waals surface area (Å²) in [5, 5.41) is 0. The molecule has 0 amide bonds. The van der Waals surface area contributed by atoms with Crippen molar-refractivity contribution in [3.05, 3.63) is 34.3 Å². The van der Waals surface area contributed by atoms with Crippen molar-refractivity contribution in [1.82, 2.24) is 9.80 Å². The van der Waals surface area contributed by atoms with Gasteiger partial charge < -0.3 is 9.80 Å². The second kappa shape index (κ2) is 6.64. The Kier molecular flexibility index (Phi) is 5.48. The van der Waals surface area contributed by atoms with Crippen molar-refractivity contribution in [2.75, 3.05) is 34.7 Å². The van der Waals surface area contributed by atoms with Gasteiger partial charge in [0.1, 0.15) is 0 Å². The van der Waals surface area contributed by atoms with Crippen LogP contribution in [0.3, 0.4) is 0 Å². The molecule has 0 radical (unpaired) electrons. The van der Waals surface area contributed by atoms with Gasteiger partial charge in [0.25, 0.3) is 0 Å². The maximum absolute atomic E-state index is 4.60. The second-order valence-corrected chi connectivity index (χ2v) is 5.26. The predicted octanol–water partition coefficient (Wildman–Crippen LogP) is 2.47. The standard InChI is InChI=1S/C13H20BrN3/c1-16(2)13(17(3)4)15-10-9-11-5-7-12(14)8-6-11/h5-8H,9-10H2,1-4H3. The maximum atomic E-state index is 4.60. The van der Waals surface area contributed by atoms with Gasteiger partial charge in [-0.3, -0.25) is 4.99 Å². The Morgan fingerprint density at radius 3 is 2.06 bits per heavy atom. The van der Waals surface area contributed by atoms with E-state index in [4.69, 9.17) is 0 Å². The first-order valence-corrected chi connectivity index (χ1v) is 6.43. The van der Waals surface area contributed by atoms with Crippen LogP contribution in [0.5, 0.6) is 0 Å². The SMILES string of the molecule is CN(C)C(=NCCc1ccc(Br)cc1)N(C)C. The first-order valence-electron chi connectivity index (χ1n) is 5.64. The zero-order chi connectivity index (χ0) is 12.8. The predicted molar refractivity (Wildman–Crippen MR) is 77.5 cm³/mol. The number of rotatable bonds is 3. The van der Waals surface area contributed by atoms with E-state index in [1.807, 2.05) is 38.0 Å². The van der Waals surface area contributed by atoms with E-state index in [0.29, 0.717) is 0 Å². The fourth-order valence-corrected chi connectivity index (χ4v) is 1.88. The summed E-state index contributed by atoms with van der Waals surface area (Å²) in [6, 6.07) is 8.39. The van der Waals surface area contributed by atoms with Crippen LogP contribution in [-0.4, -0.2) is 50.5 Å². The third-order valence-electron chi connectivity index (χ3n) is 2.37. The first-order chi connectivity index (χ1) is 8.00. The molecule has 1 aromatic carbocycles. The zero-order valence-electron chi connectivity index (χ0n) is 10.9. The Morgan fingerprint density at radius 1 is 1.06 bits per heavy atom. The molecule has 0 N–H and O–H groups in total. The van der Waals surface area contributed by atoms with Crippen molar-refractivity contribution in [3.63, 3.8) is 0 Å². The fourth-order valence-electron chi connectivity index (χ4n) is 1.62. The van der Waals surface area contributed by atoms with Crippen LogP contribution in [-0.2, 0) is 6.42 Å². The molecule has 0 fully saturated rings. The minimum atomic E-state index is 0.813. The van der Waals surface area contributed by atoms with E-state index in [1.165, 1.54) is 5.56 Å². The van der Waals surface area contributed by atoms with Gasteiger partial charge in [-0.15, -0.1) is 0 Å². The van der Waals surface area contributed by atoms with Crippen LogP contribution in [0.15, 0.2) is 33.7 Å². The summed E-state index contributed by atoms with van der Waals surface area (Å²) in [7, 11) is 8.05. The highest BCUT2D eigenvalue weighted by Gasteiger charge is 2.03. The van der Waals surface area contributed by atoms with Gasteiger partial charge in [-0.2, -0.15) is 0 Å². The highest BCUT2D eigenvalue weighted by molar-refractivity contribution is 9.10. The molecule has 1 rings (SSSR count). The lowest BCUT2D eigenvalue weighted by atomic mass is 10.2. The number of hydrogen-bond donors (Lipinski definition) is 0. The van der Waals surface area contributed by atoms with Crippen LogP contribution >= 0.6 is 15.9 Å². The van der Waals surface area contributed by atoms with Gasteiger partial charge in [0.2, 0.25) is 0 Å². The number of guanidine groups is 1. The van der Waals surface area contributed by atoms with Gasteiger partial charge in [0.15, 0.2) is 5.96 Å². The molecular weight excluding hydrogens is 278 g/mol. The third kappa shape index (κ3) is 4.77. The fraction of sp³-hybridized carbons (Fsp3) is 0.462. The summed E-state index contributed by atoms with van der Waals surface area (Å²) in [4.78, 5) is 8.66. The van der Waals surface area contributed by atoms with E-state index in [0.717, 1.165) is 23.4 Å². The van der Waals surface area contributed by atoms with Gasteiger partial charge in [-0.1, -0.05) is 28.1 Å². The Bertz CT molecular complexity index is 359. The van der Waals surface area contributed by atoms with Crippen molar-refractivity contribution < 1.29 is 0 Å². The largest absolute Gasteiger partial charge is 0.349 e. The first kappa shape index (κ1) is 14.0. The molecule has 0 atom stereocenters. The lowest BCUT2D eigenvalue weighted by molar-refractivity contribution is 0.479. The van der Waals surface area contributed by atoms with E-state index in [-0.39, 0.29) is 0 Å². The summed E-state index contributed by atoms with van der Waals surface area (Å²) in [5.74, 6) is 1.00. The van der Waals surface area contributed by atoms with Crippen LogP contribution in [0.1, 0.15) is 5.56 Å². The summed E-state index contributed by atoms with van der Waals surface area (Å²) in [5.41, 5.74) is 1.31. The highest BCUT2D eigenvalue weighted by Crippen LogP contribution is 2.10. The molecule has 0 saturated carbocycles. The van der Waals surface area contributed by atoms with Gasteiger partial charge in [0.05, 0.1) is 0 Å². The molecule has 0 saturated heterocycles. The number of aliphatic imine (C=N–C) groups is 1. The van der Waals surface area contributed by atoms with E-state index in [9.17, 15) is 0 Å². The topological polar surface area (TPSA) is 18.8 Å². The van der Waals surface area contributed by atoms with Crippen LogP contribution in [0.4, 0.5) is 0 Å². The van der Waals surface area contributed by atoms with Crippen LogP contribution in [0, 0.1) is 0 Å². The lowest BCUT2D eigenvalue weighted by Crippen LogP contribution is -2.35. The minimum absolute atomic E-state index is 0.813. The zero-order valence-corrected chi connectivity index (χ0v) is 12.5. The average Bonchev–Trinajstić information content (AvgIpc) is 2.25. The van der Waals surface area contributed by atoms with Crippen molar-refractivity contribution in [3.8, 4) is 0 Å². The lowest BCUT2D eigenvalue weighted by Gasteiger charge is -2.22. The van der Waals surface area contributed by atoms with E-state index >= 15 is 0 Å². The second-order valence-electron chi connectivity index (χ2n) is 4.35. The van der Waals surface area contributed by atoms with Crippen molar-refractivity contribution in [2.45, 2.75) is 6.42 Å². The number of halogens is 1. The molecule has 17 heavy (non-hydrogen) atoms. The molecule has 0 unspecified atom stereocenters. The van der Waals surface area contributed by atoms with Gasteiger partial charge >= 0.3 is 0 Å². The molecule has 4 heteroatoms. The van der Waals surface area contributed by atoms with Gasteiger partial charge in [-0.25, -0.2) is 0 Å². The third-order valence-corrected chi connectivity index (χ3v) is 2.90. The Morgan fingerprint density at radius 2 is 1.59 bits per heavy atom. The minimum Gasteiger partial charge on any atom is -0.349 e. The molecular formula is C13H20BrN3. The van der Waals surface area contributed by atoms with Gasteiger partial charge in [0, 0.05) is 39.2 Å². The van der Waals surface area contributed by atoms with Gasteiger partial charge in [-0.05, 0) is 24.1 Å². The molecule has 3 nitrogen and oxygen atoms in total. The van der Waals surface area contributed by atoms with E-state index in [2.05, 4.69) is 45.2 Å². The van der Waals surface area contributed by atoms with Crippen molar-refractivity contribution in [2.24, 2.45) is 4.99 Å². The van der Waals surface area contributed by atoms with Crippen LogP contribution in [0.25, 0.3) is 0 Å². The Labute approximate surface area is 112 Å². The van der Waals surface area contributed by atoms with Crippen LogP contribution < -0.4 is 0 Å². The average molecular weight is 298 g/mol. The summed E-state index contributed by atoms with van der Waals surface area (Å²) >= 11 is 3.43. The molecule has 0 aromatic heterocycles. The molecule has 0 aliphatic heterocycles. The molecule has 1 aromatic rings. The Balaban J connectivity index is 2.55.